The smallest absolute Gasteiger partial charge is 0.0684 e. The molecular formula is C16H24N2O. The number of hydrogen-bond acceptors (Lipinski definition) is 3. The molecule has 3 nitrogen and oxygen atoms in total. The Hall–Kier alpha value is -0.930. The Morgan fingerprint density at radius 1 is 1.47 bits per heavy atom. The number of rotatable bonds is 3. The predicted molar refractivity (Wildman–Crippen MR) is 75.8 cm³/mol. The molecule has 3 unspecified atom stereocenters. The highest BCUT2D eigenvalue weighted by atomic mass is 16.5. The number of fused-ring (bicyclic) bond motifs is 1. The van der Waals surface area contributed by atoms with Gasteiger partial charge in [-0.25, -0.2) is 0 Å². The van der Waals surface area contributed by atoms with Crippen LogP contribution in [0.3, 0.4) is 0 Å². The molecule has 2 aliphatic rings. The van der Waals surface area contributed by atoms with Gasteiger partial charge in [0.15, 0.2) is 0 Å². The number of aromatic nitrogens is 1. The van der Waals surface area contributed by atoms with Gasteiger partial charge in [-0.05, 0) is 37.0 Å². The summed E-state index contributed by atoms with van der Waals surface area (Å²) in [6.07, 6.45) is 6.79. The number of hydrogen-bond donors (Lipinski definition) is 1. The van der Waals surface area contributed by atoms with Crippen LogP contribution in [-0.4, -0.2) is 23.7 Å². The molecule has 0 radical (unpaired) electrons. The van der Waals surface area contributed by atoms with Crippen molar-refractivity contribution < 1.29 is 4.74 Å². The molecule has 1 saturated heterocycles. The number of aryl methyl sites for hydroxylation is 1. The van der Waals surface area contributed by atoms with Gasteiger partial charge in [0.25, 0.3) is 0 Å². The summed E-state index contributed by atoms with van der Waals surface area (Å²) in [4.78, 5) is 4.15. The van der Waals surface area contributed by atoms with Gasteiger partial charge in [-0.3, -0.25) is 4.98 Å². The largest absolute Gasteiger partial charge is 0.377 e. The molecule has 1 N–H and O–H groups in total. The van der Waals surface area contributed by atoms with Gasteiger partial charge in [0.1, 0.15) is 0 Å². The fourth-order valence-corrected chi connectivity index (χ4v) is 3.86. The first-order valence-electron chi connectivity index (χ1n) is 7.35. The van der Waals surface area contributed by atoms with E-state index in [4.69, 9.17) is 4.74 Å². The Bertz CT molecular complexity index is 458. The molecule has 104 valence electrons. The monoisotopic (exact) mass is 260 g/mol. The standard InChI is InChI=1S/C16H24N2O/c1-11-9-17-7-6-12(11)10-18-14-13-5-4-8-19-15(13)16(14,2)3/h6-7,9,13-15,18H,4-5,8,10H2,1-3H3. The zero-order chi connectivity index (χ0) is 13.5. The molecule has 1 aliphatic heterocycles. The molecule has 1 aliphatic carbocycles. The summed E-state index contributed by atoms with van der Waals surface area (Å²) in [6, 6.07) is 2.69. The molecule has 2 fully saturated rings. The Labute approximate surface area is 115 Å². The van der Waals surface area contributed by atoms with Crippen molar-refractivity contribution in [2.75, 3.05) is 6.61 Å². The molecule has 19 heavy (non-hydrogen) atoms. The van der Waals surface area contributed by atoms with Crippen molar-refractivity contribution in [3.8, 4) is 0 Å². The van der Waals surface area contributed by atoms with Crippen LogP contribution in [0.2, 0.25) is 0 Å². The van der Waals surface area contributed by atoms with Crippen LogP contribution in [0.5, 0.6) is 0 Å². The highest BCUT2D eigenvalue weighted by Gasteiger charge is 2.57. The molecule has 1 aromatic heterocycles. The minimum Gasteiger partial charge on any atom is -0.377 e. The van der Waals surface area contributed by atoms with Crippen LogP contribution in [0.25, 0.3) is 0 Å². The molecule has 0 bridgehead atoms. The number of pyridine rings is 1. The maximum absolute atomic E-state index is 5.95. The average molecular weight is 260 g/mol. The van der Waals surface area contributed by atoms with Gasteiger partial charge in [0.05, 0.1) is 6.10 Å². The minimum absolute atomic E-state index is 0.256. The van der Waals surface area contributed by atoms with Crippen LogP contribution in [-0.2, 0) is 11.3 Å². The molecule has 3 heteroatoms. The molecular weight excluding hydrogens is 236 g/mol. The SMILES string of the molecule is Cc1cnccc1CNC1C2CCCOC2C1(C)C. The third kappa shape index (κ3) is 2.19. The molecule has 2 heterocycles. The molecule has 3 rings (SSSR count). The molecule has 0 amide bonds. The molecule has 1 saturated carbocycles. The fraction of sp³-hybridized carbons (Fsp3) is 0.688. The van der Waals surface area contributed by atoms with Crippen LogP contribution in [0, 0.1) is 18.3 Å². The second-order valence-corrected chi connectivity index (χ2v) is 6.58. The first-order valence-corrected chi connectivity index (χ1v) is 7.35. The lowest BCUT2D eigenvalue weighted by Gasteiger charge is -2.60. The summed E-state index contributed by atoms with van der Waals surface area (Å²) in [7, 11) is 0. The summed E-state index contributed by atoms with van der Waals surface area (Å²) in [5.74, 6) is 0.700. The van der Waals surface area contributed by atoms with Gasteiger partial charge >= 0.3 is 0 Å². The van der Waals surface area contributed by atoms with Gasteiger partial charge < -0.3 is 10.1 Å². The predicted octanol–water partition coefficient (Wildman–Crippen LogP) is 2.68. The fourth-order valence-electron chi connectivity index (χ4n) is 3.86. The number of nitrogens with zero attached hydrogens (tertiary/aromatic N) is 1. The summed E-state index contributed by atoms with van der Waals surface area (Å²) >= 11 is 0. The summed E-state index contributed by atoms with van der Waals surface area (Å²) in [6.45, 7) is 8.67. The quantitative estimate of drug-likeness (QED) is 0.907. The van der Waals surface area contributed by atoms with E-state index in [1.54, 1.807) is 0 Å². The highest BCUT2D eigenvalue weighted by molar-refractivity contribution is 5.22. The lowest BCUT2D eigenvalue weighted by Crippen LogP contribution is -2.69. The maximum atomic E-state index is 5.95. The van der Waals surface area contributed by atoms with Crippen molar-refractivity contribution in [3.63, 3.8) is 0 Å². The van der Waals surface area contributed by atoms with Gasteiger partial charge in [-0.1, -0.05) is 13.8 Å². The lowest BCUT2D eigenvalue weighted by molar-refractivity contribution is -0.192. The maximum Gasteiger partial charge on any atom is 0.0684 e. The highest BCUT2D eigenvalue weighted by Crippen LogP contribution is 2.51. The van der Waals surface area contributed by atoms with Crippen LogP contribution >= 0.6 is 0 Å². The van der Waals surface area contributed by atoms with Crippen molar-refractivity contribution in [1.82, 2.24) is 10.3 Å². The van der Waals surface area contributed by atoms with Crippen LogP contribution in [0.4, 0.5) is 0 Å². The van der Waals surface area contributed by atoms with E-state index in [2.05, 4.69) is 37.1 Å². The number of ether oxygens (including phenoxy) is 1. The van der Waals surface area contributed by atoms with Crippen molar-refractivity contribution in [2.24, 2.45) is 11.3 Å². The van der Waals surface area contributed by atoms with Crippen molar-refractivity contribution in [1.29, 1.82) is 0 Å². The molecule has 1 aromatic rings. The zero-order valence-electron chi connectivity index (χ0n) is 12.1. The second-order valence-electron chi connectivity index (χ2n) is 6.58. The van der Waals surface area contributed by atoms with E-state index in [-0.39, 0.29) is 5.41 Å². The van der Waals surface area contributed by atoms with Gasteiger partial charge in [-0.2, -0.15) is 0 Å². The van der Waals surface area contributed by atoms with E-state index >= 15 is 0 Å². The first kappa shape index (κ1) is 13.1. The summed E-state index contributed by atoms with van der Waals surface area (Å²) < 4.78 is 5.95. The number of nitrogens with one attached hydrogen (secondary N) is 1. The van der Waals surface area contributed by atoms with E-state index in [1.165, 1.54) is 24.0 Å². The van der Waals surface area contributed by atoms with E-state index in [0.29, 0.717) is 18.1 Å². The molecule has 0 aromatic carbocycles. The Morgan fingerprint density at radius 3 is 3.11 bits per heavy atom. The Morgan fingerprint density at radius 2 is 2.32 bits per heavy atom. The van der Waals surface area contributed by atoms with Crippen LogP contribution < -0.4 is 5.32 Å². The lowest BCUT2D eigenvalue weighted by atomic mass is 9.55. The van der Waals surface area contributed by atoms with E-state index in [1.807, 2.05) is 12.4 Å². The van der Waals surface area contributed by atoms with Crippen molar-refractivity contribution >= 4 is 0 Å². The van der Waals surface area contributed by atoms with E-state index in [9.17, 15) is 0 Å². The Kier molecular flexibility index (Phi) is 3.35. The zero-order valence-corrected chi connectivity index (χ0v) is 12.1. The summed E-state index contributed by atoms with van der Waals surface area (Å²) in [5, 5.41) is 3.76. The second kappa shape index (κ2) is 4.88. The van der Waals surface area contributed by atoms with E-state index in [0.717, 1.165) is 13.2 Å². The van der Waals surface area contributed by atoms with Crippen molar-refractivity contribution in [2.45, 2.75) is 52.3 Å². The minimum atomic E-state index is 0.256. The van der Waals surface area contributed by atoms with Crippen molar-refractivity contribution in [3.05, 3.63) is 29.6 Å². The van der Waals surface area contributed by atoms with E-state index < -0.39 is 0 Å². The Balaban J connectivity index is 1.65. The average Bonchev–Trinajstić information content (AvgIpc) is 2.41. The van der Waals surface area contributed by atoms with Gasteiger partial charge in [-0.15, -0.1) is 0 Å². The van der Waals surface area contributed by atoms with Crippen LogP contribution in [0.1, 0.15) is 37.8 Å². The van der Waals surface area contributed by atoms with Gasteiger partial charge in [0.2, 0.25) is 0 Å². The third-order valence-corrected chi connectivity index (χ3v) is 4.98. The first-order chi connectivity index (χ1) is 9.10. The van der Waals surface area contributed by atoms with Crippen LogP contribution in [0.15, 0.2) is 18.5 Å². The summed E-state index contributed by atoms with van der Waals surface area (Å²) in [5.41, 5.74) is 2.88. The van der Waals surface area contributed by atoms with Gasteiger partial charge in [0, 0.05) is 42.9 Å². The molecule has 3 atom stereocenters. The topological polar surface area (TPSA) is 34.2 Å². The molecule has 0 spiro atoms. The third-order valence-electron chi connectivity index (χ3n) is 4.98. The normalized spacial score (nSPS) is 32.5.